The van der Waals surface area contributed by atoms with Gasteiger partial charge in [-0.25, -0.2) is 29.5 Å². The first-order chi connectivity index (χ1) is 41.3. The van der Waals surface area contributed by atoms with Crippen molar-refractivity contribution < 1.29 is 55.1 Å². The molecule has 0 fully saturated rings. The SMILES string of the molecule is COc1ccc(N(CCCc2cncn2Cc2ccc(C#N)cc2)C(=S)N(Cc2ccccc2C(F)(F)F)OC(=O)C(=O)ON(Cc2ccccc2C(F)(F)F)C(=S)N(CCCc2cncn2Cc2ccc(C#N)cc2)c2ccc(OC)nc2)cn1. The second kappa shape index (κ2) is 28.6. The van der Waals surface area contributed by atoms with Gasteiger partial charge in [-0.05, 0) is 121 Å². The molecule has 8 rings (SSSR count). The van der Waals surface area contributed by atoms with Crippen molar-refractivity contribution in [3.8, 4) is 23.9 Å². The van der Waals surface area contributed by atoms with E-state index in [0.29, 0.717) is 60.0 Å². The second-order valence-corrected chi connectivity index (χ2v) is 19.7. The standard InChI is InChI=1S/C60H52F6N12O6S2/c1-81-53-25-23-49(33-71-53)75(27-7-11-47-31-69-39-73(47)35-43-19-15-41(29-67)16-20-43)57(85)77(37-45-9-3-5-13-51(45)59(61,62)63)83-55(79)56(80)84-78(38-46-10-4-6-14-52(46)60(64,65)66)58(86)76(50-24-26-54(82-2)72-34-50)28-8-12-48-32-70-40-74(48)36-44-21-17-42(30-68)18-22-44/h3-6,9-10,13-26,31-34,39-40H,7-8,11-12,27-28,35-38H2,1-2H3. The maximum atomic E-state index is 14.7. The third kappa shape index (κ3) is 16.2. The van der Waals surface area contributed by atoms with Gasteiger partial charge in [-0.3, -0.25) is 0 Å². The van der Waals surface area contributed by atoms with E-state index in [0.717, 1.165) is 58.9 Å². The molecule has 0 N–H and O–H groups in total. The van der Waals surface area contributed by atoms with Crippen molar-refractivity contribution in [2.75, 3.05) is 37.1 Å². The van der Waals surface area contributed by atoms with Crippen LogP contribution in [-0.2, 0) is 70.6 Å². The van der Waals surface area contributed by atoms with Gasteiger partial charge in [-0.2, -0.15) is 47.0 Å². The lowest BCUT2D eigenvalue weighted by Crippen LogP contribution is -2.48. The van der Waals surface area contributed by atoms with Crippen LogP contribution < -0.4 is 19.3 Å². The summed E-state index contributed by atoms with van der Waals surface area (Å²) >= 11 is 12.0. The summed E-state index contributed by atoms with van der Waals surface area (Å²) in [6.45, 7) is -0.954. The maximum Gasteiger partial charge on any atom is 0.444 e. The summed E-state index contributed by atoms with van der Waals surface area (Å²) in [5.74, 6) is -3.33. The van der Waals surface area contributed by atoms with Crippen LogP contribution in [0.5, 0.6) is 11.8 Å². The molecule has 4 heterocycles. The average molecular weight is 1220 g/mol. The lowest BCUT2D eigenvalue weighted by atomic mass is 10.1. The summed E-state index contributed by atoms with van der Waals surface area (Å²) < 4.78 is 102. The Bertz CT molecular complexity index is 3480. The highest BCUT2D eigenvalue weighted by molar-refractivity contribution is 7.80. The number of anilines is 2. The molecule has 0 atom stereocenters. The van der Waals surface area contributed by atoms with Gasteiger partial charge in [-0.15, -0.1) is 0 Å². The quantitative estimate of drug-likeness (QED) is 0.0302. The van der Waals surface area contributed by atoms with Gasteiger partial charge in [-0.1, -0.05) is 60.7 Å². The Kier molecular flexibility index (Phi) is 20.6. The fourth-order valence-corrected chi connectivity index (χ4v) is 9.57. The Balaban J connectivity index is 1.10. The molecule has 86 heavy (non-hydrogen) atoms. The molecule has 0 spiro atoms. The van der Waals surface area contributed by atoms with Crippen molar-refractivity contribution in [3.05, 3.63) is 215 Å². The fourth-order valence-electron chi connectivity index (χ4n) is 8.97. The highest BCUT2D eigenvalue weighted by atomic mass is 32.1. The van der Waals surface area contributed by atoms with Crippen molar-refractivity contribution in [1.82, 2.24) is 39.2 Å². The number of aryl methyl sites for hydroxylation is 2. The fraction of sp³-hybridized carbons (Fsp3) is 0.233. The molecule has 0 radical (unpaired) electrons. The molecule has 0 saturated heterocycles. The minimum absolute atomic E-state index is 0.00445. The Hall–Kier alpha value is -9.92. The van der Waals surface area contributed by atoms with Crippen molar-refractivity contribution >= 4 is 58.0 Å². The van der Waals surface area contributed by atoms with E-state index in [-0.39, 0.29) is 36.2 Å². The van der Waals surface area contributed by atoms with E-state index in [4.69, 9.17) is 43.6 Å². The zero-order valence-electron chi connectivity index (χ0n) is 46.0. The van der Waals surface area contributed by atoms with Crippen LogP contribution in [0.15, 0.2) is 159 Å². The highest BCUT2D eigenvalue weighted by Gasteiger charge is 2.38. The van der Waals surface area contributed by atoms with Crippen LogP contribution in [0.1, 0.15) is 68.7 Å². The molecule has 0 aliphatic heterocycles. The van der Waals surface area contributed by atoms with Gasteiger partial charge < -0.3 is 38.1 Å². The third-order valence-electron chi connectivity index (χ3n) is 13.3. The highest BCUT2D eigenvalue weighted by Crippen LogP contribution is 2.35. The van der Waals surface area contributed by atoms with E-state index in [2.05, 4.69) is 32.1 Å². The summed E-state index contributed by atoms with van der Waals surface area (Å²) in [7, 11) is 2.78. The first-order valence-electron chi connectivity index (χ1n) is 26.2. The summed E-state index contributed by atoms with van der Waals surface area (Å²) in [5, 5.41) is 18.9. The predicted octanol–water partition coefficient (Wildman–Crippen LogP) is 10.8. The number of alkyl halides is 6. The van der Waals surface area contributed by atoms with Crippen LogP contribution in [0.4, 0.5) is 37.7 Å². The lowest BCUT2D eigenvalue weighted by Gasteiger charge is -2.33. The molecule has 0 amide bonds. The minimum Gasteiger partial charge on any atom is -0.481 e. The van der Waals surface area contributed by atoms with Crippen molar-refractivity contribution in [2.24, 2.45) is 0 Å². The van der Waals surface area contributed by atoms with Gasteiger partial charge in [0.1, 0.15) is 0 Å². The average Bonchev–Trinajstić information content (AvgIpc) is 4.23. The molecule has 0 aliphatic carbocycles. The van der Waals surface area contributed by atoms with Crippen LogP contribution in [0, 0.1) is 22.7 Å². The number of ether oxygens (including phenoxy) is 2. The topological polar surface area (TPSA) is 193 Å². The summed E-state index contributed by atoms with van der Waals surface area (Å²) in [5.41, 5.74) is 1.74. The molecule has 26 heteroatoms. The number of nitrogens with zero attached hydrogens (tertiary/aromatic N) is 12. The van der Waals surface area contributed by atoms with Gasteiger partial charge in [0.2, 0.25) is 22.0 Å². The molecule has 0 aliphatic rings. The van der Waals surface area contributed by atoms with Crippen molar-refractivity contribution in [2.45, 2.75) is 64.2 Å². The number of hydrogen-bond donors (Lipinski definition) is 0. The number of aromatic nitrogens is 6. The maximum absolute atomic E-state index is 14.7. The molecule has 0 saturated carbocycles. The monoisotopic (exact) mass is 1210 g/mol. The molecular weight excluding hydrogens is 1160 g/mol. The number of nitriles is 2. The van der Waals surface area contributed by atoms with Gasteiger partial charge in [0.25, 0.3) is 0 Å². The van der Waals surface area contributed by atoms with Gasteiger partial charge in [0.15, 0.2) is 0 Å². The first-order valence-corrected chi connectivity index (χ1v) is 27.1. The van der Waals surface area contributed by atoms with E-state index in [1.54, 1.807) is 61.4 Å². The van der Waals surface area contributed by atoms with E-state index in [9.17, 15) is 46.5 Å². The number of pyridine rings is 2. The smallest absolute Gasteiger partial charge is 0.444 e. The zero-order chi connectivity index (χ0) is 61.4. The molecule has 0 bridgehead atoms. The van der Waals surface area contributed by atoms with Crippen molar-refractivity contribution in [1.29, 1.82) is 10.5 Å². The molecule has 18 nitrogen and oxygen atoms in total. The summed E-state index contributed by atoms with van der Waals surface area (Å²) in [6, 6.07) is 33.2. The summed E-state index contributed by atoms with van der Waals surface area (Å²) in [4.78, 5) is 60.3. The number of halogens is 6. The number of imidazole rings is 2. The second-order valence-electron chi connectivity index (χ2n) is 19.0. The summed E-state index contributed by atoms with van der Waals surface area (Å²) in [6.07, 6.45) is 0.811. The van der Waals surface area contributed by atoms with Crippen LogP contribution in [0.3, 0.4) is 0 Å². The van der Waals surface area contributed by atoms with Gasteiger partial charge >= 0.3 is 24.3 Å². The first kappa shape index (κ1) is 62.1. The van der Waals surface area contributed by atoms with Gasteiger partial charge in [0.05, 0.1) is 98.1 Å². The number of thiocarbonyl (C=S) groups is 2. The van der Waals surface area contributed by atoms with Crippen LogP contribution in [0.25, 0.3) is 0 Å². The van der Waals surface area contributed by atoms with Crippen LogP contribution >= 0.6 is 24.4 Å². The largest absolute Gasteiger partial charge is 0.481 e. The lowest BCUT2D eigenvalue weighted by molar-refractivity contribution is -0.202. The molecule has 8 aromatic rings. The Morgan fingerprint density at radius 3 is 1.27 bits per heavy atom. The normalized spacial score (nSPS) is 11.2. The Morgan fingerprint density at radius 2 is 0.930 bits per heavy atom. The van der Waals surface area contributed by atoms with Crippen LogP contribution in [-0.4, -0.2) is 88.7 Å². The third-order valence-corrected chi connectivity index (χ3v) is 14.1. The number of rotatable bonds is 20. The number of hydrogen-bond acceptors (Lipinski definition) is 14. The molecule has 4 aromatic heterocycles. The number of carbonyl (C=O) groups is 2. The van der Waals surface area contributed by atoms with E-state index in [1.807, 2.05) is 33.4 Å². The van der Waals surface area contributed by atoms with Gasteiger partial charge in [0, 0.05) is 62.1 Å². The number of benzene rings is 4. The van der Waals surface area contributed by atoms with E-state index in [1.165, 1.54) is 60.7 Å². The van der Waals surface area contributed by atoms with E-state index < -0.39 is 69.9 Å². The Labute approximate surface area is 500 Å². The van der Waals surface area contributed by atoms with Crippen molar-refractivity contribution in [3.63, 3.8) is 0 Å². The zero-order valence-corrected chi connectivity index (χ0v) is 47.6. The molecule has 0 unspecified atom stereocenters. The molecule has 442 valence electrons. The number of carbonyl (C=O) groups excluding carboxylic acids is 2. The number of methoxy groups -OCH3 is 2. The molecule has 4 aromatic carbocycles. The Morgan fingerprint density at radius 1 is 0.547 bits per heavy atom. The van der Waals surface area contributed by atoms with Crippen LogP contribution in [0.2, 0.25) is 0 Å². The number of hydroxylamine groups is 4. The molecular formula is C60H52F6N12O6S2. The van der Waals surface area contributed by atoms with E-state index >= 15 is 0 Å². The minimum atomic E-state index is -4.92. The predicted molar refractivity (Wildman–Crippen MR) is 309 cm³/mol.